The Morgan fingerprint density at radius 2 is 1.92 bits per heavy atom. The predicted molar refractivity (Wildman–Crippen MR) is 98.4 cm³/mol. The predicted octanol–water partition coefficient (Wildman–Crippen LogP) is 2.34. The van der Waals surface area contributed by atoms with Crippen LogP contribution < -0.4 is 5.32 Å². The van der Waals surface area contributed by atoms with E-state index in [1.165, 1.54) is 0 Å². The Hall–Kier alpha value is -3.22. The number of imidazole rings is 1. The molecule has 0 radical (unpaired) electrons. The maximum Gasteiger partial charge on any atom is 0.317 e. The molecule has 0 unspecified atom stereocenters. The summed E-state index contributed by atoms with van der Waals surface area (Å²) in [5.74, 6) is 1.51. The van der Waals surface area contributed by atoms with Crippen molar-refractivity contribution in [2.24, 2.45) is 0 Å². The second kappa shape index (κ2) is 6.95. The van der Waals surface area contributed by atoms with Gasteiger partial charge in [-0.15, -0.1) is 0 Å². The number of aryl methyl sites for hydroxylation is 1. The first-order chi connectivity index (χ1) is 12.7. The molecule has 1 saturated heterocycles. The van der Waals surface area contributed by atoms with E-state index in [2.05, 4.69) is 20.3 Å². The Labute approximate surface area is 151 Å². The lowest BCUT2D eigenvalue weighted by Gasteiger charge is -2.15. The fourth-order valence-electron chi connectivity index (χ4n) is 3.11. The summed E-state index contributed by atoms with van der Waals surface area (Å²) in [6.45, 7) is 4.84. The molecule has 3 heterocycles. The molecule has 4 rings (SSSR count). The molecule has 1 aliphatic heterocycles. The van der Waals surface area contributed by atoms with Crippen LogP contribution in [-0.2, 0) is 6.54 Å². The first-order valence-corrected chi connectivity index (χ1v) is 8.65. The van der Waals surface area contributed by atoms with Crippen molar-refractivity contribution >= 4 is 6.03 Å². The van der Waals surface area contributed by atoms with Crippen molar-refractivity contribution in [3.05, 3.63) is 54.6 Å². The molecule has 7 nitrogen and oxygen atoms in total. The molecule has 2 aromatic heterocycles. The maximum atomic E-state index is 11.7. The number of benzene rings is 1. The minimum Gasteiger partial charge on any atom is -0.336 e. The van der Waals surface area contributed by atoms with E-state index in [4.69, 9.17) is 0 Å². The van der Waals surface area contributed by atoms with Crippen LogP contribution in [0.1, 0.15) is 5.56 Å². The third-order valence-electron chi connectivity index (χ3n) is 4.57. The summed E-state index contributed by atoms with van der Waals surface area (Å²) in [6, 6.07) is 8.06. The fraction of sp³-hybridized carbons (Fsp3) is 0.263. The van der Waals surface area contributed by atoms with E-state index in [-0.39, 0.29) is 6.03 Å². The molecule has 0 spiro atoms. The van der Waals surface area contributed by atoms with Crippen LogP contribution >= 0.6 is 0 Å². The van der Waals surface area contributed by atoms with Gasteiger partial charge in [0.05, 0.1) is 5.56 Å². The minimum atomic E-state index is -0.00224. The van der Waals surface area contributed by atoms with Gasteiger partial charge in [0.1, 0.15) is 5.82 Å². The van der Waals surface area contributed by atoms with E-state index in [1.54, 1.807) is 18.6 Å². The summed E-state index contributed by atoms with van der Waals surface area (Å²) >= 11 is 0. The minimum absolute atomic E-state index is 0.00224. The van der Waals surface area contributed by atoms with Gasteiger partial charge in [0.2, 0.25) is 0 Å². The van der Waals surface area contributed by atoms with Gasteiger partial charge in [0.25, 0.3) is 0 Å². The first kappa shape index (κ1) is 16.3. The molecule has 132 valence electrons. The average Bonchev–Trinajstić information content (AvgIpc) is 3.29. The van der Waals surface area contributed by atoms with E-state index in [1.807, 2.05) is 46.9 Å². The van der Waals surface area contributed by atoms with Crippen LogP contribution in [0.4, 0.5) is 4.79 Å². The highest BCUT2D eigenvalue weighted by Crippen LogP contribution is 2.21. The van der Waals surface area contributed by atoms with Gasteiger partial charge < -0.3 is 14.8 Å². The van der Waals surface area contributed by atoms with Gasteiger partial charge in [0, 0.05) is 56.5 Å². The Balaban J connectivity index is 1.52. The third-order valence-corrected chi connectivity index (χ3v) is 4.57. The van der Waals surface area contributed by atoms with E-state index in [0.29, 0.717) is 25.5 Å². The van der Waals surface area contributed by atoms with E-state index >= 15 is 0 Å². The molecule has 26 heavy (non-hydrogen) atoms. The van der Waals surface area contributed by atoms with Crippen LogP contribution in [0.2, 0.25) is 0 Å². The van der Waals surface area contributed by atoms with Crippen LogP contribution in [0, 0.1) is 6.92 Å². The smallest absolute Gasteiger partial charge is 0.317 e. The van der Waals surface area contributed by atoms with Gasteiger partial charge in [0.15, 0.2) is 5.82 Å². The van der Waals surface area contributed by atoms with Gasteiger partial charge in [-0.2, -0.15) is 0 Å². The van der Waals surface area contributed by atoms with Crippen molar-refractivity contribution in [2.45, 2.75) is 13.5 Å². The molecule has 1 fully saturated rings. The second-order valence-corrected chi connectivity index (χ2v) is 6.27. The van der Waals surface area contributed by atoms with Crippen molar-refractivity contribution < 1.29 is 4.79 Å². The van der Waals surface area contributed by atoms with Crippen LogP contribution in [0.15, 0.2) is 49.1 Å². The number of carbonyl (C=O) groups excluding carboxylic acids is 1. The van der Waals surface area contributed by atoms with Crippen molar-refractivity contribution in [2.75, 3.05) is 19.6 Å². The molecule has 2 amide bonds. The topological polar surface area (TPSA) is 75.9 Å². The number of hydrogen-bond donors (Lipinski definition) is 1. The highest BCUT2D eigenvalue weighted by Gasteiger charge is 2.19. The average molecular weight is 348 g/mol. The normalized spacial score (nSPS) is 13.9. The molecule has 0 aliphatic carbocycles. The van der Waals surface area contributed by atoms with Crippen LogP contribution in [0.3, 0.4) is 0 Å². The lowest BCUT2D eigenvalue weighted by atomic mass is 10.1. The fourth-order valence-corrected chi connectivity index (χ4v) is 3.11. The zero-order valence-electron chi connectivity index (χ0n) is 14.6. The Kier molecular flexibility index (Phi) is 4.35. The molecule has 3 aromatic rings. The zero-order valence-corrected chi connectivity index (χ0v) is 14.6. The van der Waals surface area contributed by atoms with Gasteiger partial charge in [-0.25, -0.2) is 19.7 Å². The molecule has 0 saturated carbocycles. The summed E-state index contributed by atoms with van der Waals surface area (Å²) in [7, 11) is 0. The monoisotopic (exact) mass is 348 g/mol. The number of nitrogens with zero attached hydrogens (tertiary/aromatic N) is 5. The van der Waals surface area contributed by atoms with Gasteiger partial charge >= 0.3 is 6.03 Å². The Morgan fingerprint density at radius 3 is 2.65 bits per heavy atom. The lowest BCUT2D eigenvalue weighted by Crippen LogP contribution is -2.31. The second-order valence-electron chi connectivity index (χ2n) is 6.27. The van der Waals surface area contributed by atoms with Gasteiger partial charge in [-0.1, -0.05) is 24.3 Å². The highest BCUT2D eigenvalue weighted by atomic mass is 16.2. The summed E-state index contributed by atoms with van der Waals surface area (Å²) < 4.78 is 2.03. The number of nitrogens with one attached hydrogen (secondary N) is 1. The lowest BCUT2D eigenvalue weighted by molar-refractivity contribution is 0.215. The first-order valence-electron chi connectivity index (χ1n) is 8.65. The molecule has 1 N–H and O–H groups in total. The summed E-state index contributed by atoms with van der Waals surface area (Å²) in [5.41, 5.74) is 3.03. The maximum absolute atomic E-state index is 11.7. The molecule has 1 aliphatic rings. The van der Waals surface area contributed by atoms with Crippen molar-refractivity contribution in [1.82, 2.24) is 29.7 Å². The van der Waals surface area contributed by atoms with Crippen molar-refractivity contribution in [3.8, 4) is 22.8 Å². The van der Waals surface area contributed by atoms with E-state index < -0.39 is 0 Å². The number of carbonyl (C=O) groups is 1. The van der Waals surface area contributed by atoms with E-state index in [0.717, 1.165) is 29.1 Å². The van der Waals surface area contributed by atoms with E-state index in [9.17, 15) is 4.79 Å². The number of hydrogen-bond acceptors (Lipinski definition) is 4. The molecular formula is C19H20N6O. The van der Waals surface area contributed by atoms with Gasteiger partial charge in [-0.05, 0) is 12.5 Å². The summed E-state index contributed by atoms with van der Waals surface area (Å²) in [4.78, 5) is 26.9. The van der Waals surface area contributed by atoms with Crippen molar-refractivity contribution in [1.29, 1.82) is 0 Å². The largest absolute Gasteiger partial charge is 0.336 e. The highest BCUT2D eigenvalue weighted by molar-refractivity contribution is 5.76. The number of rotatable bonds is 5. The Morgan fingerprint density at radius 1 is 1.12 bits per heavy atom. The SMILES string of the molecule is Cc1ccccc1-c1ncc(-c2nccn2CCN2CCNC2=O)cn1. The Bertz CT molecular complexity index is 918. The number of amides is 2. The van der Waals surface area contributed by atoms with Crippen LogP contribution in [0.25, 0.3) is 22.8 Å². The number of aromatic nitrogens is 4. The standard InChI is InChI=1S/C19H20N6O/c1-14-4-2-3-5-16(14)17-22-12-15(13-23-17)18-20-6-8-24(18)10-11-25-9-7-21-19(25)26/h2-6,8,12-13H,7,9-11H2,1H3,(H,21,26). The van der Waals surface area contributed by atoms with Crippen molar-refractivity contribution in [3.63, 3.8) is 0 Å². The molecule has 0 bridgehead atoms. The number of urea groups is 1. The van der Waals surface area contributed by atoms with Crippen LogP contribution in [0.5, 0.6) is 0 Å². The molecule has 0 atom stereocenters. The van der Waals surface area contributed by atoms with Crippen LogP contribution in [-0.4, -0.2) is 50.1 Å². The molecule has 7 heteroatoms. The zero-order chi connectivity index (χ0) is 17.9. The van der Waals surface area contributed by atoms with Gasteiger partial charge in [-0.3, -0.25) is 0 Å². The summed E-state index contributed by atoms with van der Waals surface area (Å²) in [6.07, 6.45) is 7.28. The third kappa shape index (κ3) is 3.15. The summed E-state index contributed by atoms with van der Waals surface area (Å²) in [5, 5.41) is 2.81. The quantitative estimate of drug-likeness (QED) is 0.768. The molecular weight excluding hydrogens is 328 g/mol. The molecule has 1 aromatic carbocycles.